The lowest BCUT2D eigenvalue weighted by Crippen LogP contribution is -2.26. The summed E-state index contributed by atoms with van der Waals surface area (Å²) in [6.45, 7) is 1.88. The number of nitrogens with zero attached hydrogens (tertiary/aromatic N) is 1. The maximum absolute atomic E-state index is 12.9. The lowest BCUT2D eigenvalue weighted by molar-refractivity contribution is 0.102. The highest BCUT2D eigenvalue weighted by Crippen LogP contribution is 2.24. The van der Waals surface area contributed by atoms with Crippen LogP contribution >= 0.6 is 11.6 Å². The van der Waals surface area contributed by atoms with Gasteiger partial charge in [-0.25, -0.2) is 16.8 Å². The van der Waals surface area contributed by atoms with Crippen LogP contribution in [-0.2, 0) is 20.0 Å². The van der Waals surface area contributed by atoms with Crippen molar-refractivity contribution in [3.8, 4) is 0 Å². The highest BCUT2D eigenvalue weighted by molar-refractivity contribution is 7.93. The summed E-state index contributed by atoms with van der Waals surface area (Å²) in [7, 11) is -6.16. The molecule has 4 rings (SSSR count). The molecule has 0 bridgehead atoms. The van der Waals surface area contributed by atoms with Crippen LogP contribution in [0.1, 0.15) is 15.9 Å². The number of halogens is 1. The van der Waals surface area contributed by atoms with E-state index >= 15 is 0 Å². The third-order valence-corrected chi connectivity index (χ3v) is 9.10. The third kappa shape index (κ3) is 6.16. The number of hydrogen-bond acceptors (Lipinski definition) is 5. The van der Waals surface area contributed by atoms with Crippen molar-refractivity contribution in [1.82, 2.24) is 0 Å². The van der Waals surface area contributed by atoms with Crippen LogP contribution in [0, 0.1) is 6.92 Å². The molecule has 196 valence electrons. The Morgan fingerprint density at radius 2 is 1.37 bits per heavy atom. The van der Waals surface area contributed by atoms with Gasteiger partial charge in [-0.3, -0.25) is 13.8 Å². The van der Waals surface area contributed by atoms with Crippen molar-refractivity contribution in [2.75, 3.05) is 21.4 Å². The molecule has 0 aliphatic heterocycles. The average molecular weight is 570 g/mol. The van der Waals surface area contributed by atoms with Crippen LogP contribution in [-0.4, -0.2) is 29.8 Å². The number of benzene rings is 4. The lowest BCUT2D eigenvalue weighted by atomic mass is 10.2. The molecule has 0 aliphatic rings. The molecule has 4 aromatic carbocycles. The fourth-order valence-electron chi connectivity index (χ4n) is 3.52. The predicted octanol–water partition coefficient (Wildman–Crippen LogP) is 5.53. The van der Waals surface area contributed by atoms with Gasteiger partial charge in [0.25, 0.3) is 26.0 Å². The molecule has 0 aromatic heterocycles. The SMILES string of the molecule is Cc1ccc(S(=O)(=O)N(C)c2ccc(C(=O)Nc3ccc(S(=O)(=O)Nc4cccc(Cl)c4)cc3)cc2)cc1. The molecule has 0 atom stereocenters. The minimum absolute atomic E-state index is 0.0117. The van der Waals surface area contributed by atoms with E-state index in [0.717, 1.165) is 9.87 Å². The number of carbonyl (C=O) groups is 1. The second kappa shape index (κ2) is 10.9. The summed E-state index contributed by atoms with van der Waals surface area (Å²) in [6, 6.07) is 24.7. The number of aryl methyl sites for hydroxylation is 1. The summed E-state index contributed by atoms with van der Waals surface area (Å²) in [6.07, 6.45) is 0. The van der Waals surface area contributed by atoms with Gasteiger partial charge in [-0.2, -0.15) is 0 Å². The molecule has 0 spiro atoms. The fourth-order valence-corrected chi connectivity index (χ4v) is 5.95. The zero-order valence-electron chi connectivity index (χ0n) is 20.4. The molecule has 0 unspecified atom stereocenters. The van der Waals surface area contributed by atoms with Gasteiger partial charge >= 0.3 is 0 Å². The lowest BCUT2D eigenvalue weighted by Gasteiger charge is -2.20. The van der Waals surface area contributed by atoms with Crippen molar-refractivity contribution in [3.63, 3.8) is 0 Å². The Hall–Kier alpha value is -3.86. The zero-order valence-corrected chi connectivity index (χ0v) is 22.8. The molecule has 4 aromatic rings. The quantitative estimate of drug-likeness (QED) is 0.290. The summed E-state index contributed by atoms with van der Waals surface area (Å²) in [5, 5.41) is 3.10. The van der Waals surface area contributed by atoms with Crippen LogP contribution in [0.25, 0.3) is 0 Å². The van der Waals surface area contributed by atoms with Crippen molar-refractivity contribution in [2.45, 2.75) is 16.7 Å². The van der Waals surface area contributed by atoms with Crippen molar-refractivity contribution in [2.24, 2.45) is 0 Å². The highest BCUT2D eigenvalue weighted by atomic mass is 35.5. The van der Waals surface area contributed by atoms with E-state index in [0.29, 0.717) is 27.6 Å². The fraction of sp³-hybridized carbons (Fsp3) is 0.0741. The predicted molar refractivity (Wildman–Crippen MR) is 150 cm³/mol. The Kier molecular flexibility index (Phi) is 7.77. The second-order valence-electron chi connectivity index (χ2n) is 8.43. The number of carbonyl (C=O) groups excluding carboxylic acids is 1. The number of anilines is 3. The highest BCUT2D eigenvalue weighted by Gasteiger charge is 2.21. The first-order chi connectivity index (χ1) is 18.0. The molecule has 0 saturated carbocycles. The van der Waals surface area contributed by atoms with Gasteiger partial charge in [-0.1, -0.05) is 35.4 Å². The minimum atomic E-state index is -3.85. The van der Waals surface area contributed by atoms with Crippen LogP contribution in [0.3, 0.4) is 0 Å². The van der Waals surface area contributed by atoms with Crippen molar-refractivity contribution < 1.29 is 21.6 Å². The Balaban J connectivity index is 1.43. The van der Waals surface area contributed by atoms with Gasteiger partial charge in [0.1, 0.15) is 0 Å². The Morgan fingerprint density at radius 3 is 1.97 bits per heavy atom. The van der Waals surface area contributed by atoms with Crippen molar-refractivity contribution in [1.29, 1.82) is 0 Å². The van der Waals surface area contributed by atoms with Gasteiger partial charge in [0.05, 0.1) is 21.2 Å². The van der Waals surface area contributed by atoms with Crippen LogP contribution in [0.5, 0.6) is 0 Å². The van der Waals surface area contributed by atoms with Crippen LogP contribution in [0.15, 0.2) is 107 Å². The molecule has 2 N–H and O–H groups in total. The summed E-state index contributed by atoms with van der Waals surface area (Å²) in [4.78, 5) is 12.9. The minimum Gasteiger partial charge on any atom is -0.322 e. The molecule has 0 radical (unpaired) electrons. The second-order valence-corrected chi connectivity index (χ2v) is 12.5. The molecule has 8 nitrogen and oxygen atoms in total. The first-order valence-electron chi connectivity index (χ1n) is 11.3. The number of amides is 1. The zero-order chi connectivity index (χ0) is 27.5. The van der Waals surface area contributed by atoms with Gasteiger partial charge in [0.15, 0.2) is 0 Å². The number of nitrogens with one attached hydrogen (secondary N) is 2. The number of sulfonamides is 2. The van der Waals surface area contributed by atoms with Gasteiger partial charge < -0.3 is 5.32 Å². The Morgan fingerprint density at radius 1 is 0.763 bits per heavy atom. The Labute approximate surface area is 227 Å². The van der Waals surface area contributed by atoms with Crippen LogP contribution in [0.2, 0.25) is 5.02 Å². The van der Waals surface area contributed by atoms with Crippen molar-refractivity contribution in [3.05, 3.63) is 113 Å². The molecule has 0 heterocycles. The van der Waals surface area contributed by atoms with Gasteiger partial charge in [0.2, 0.25) is 0 Å². The van der Waals surface area contributed by atoms with Gasteiger partial charge in [-0.15, -0.1) is 0 Å². The molecular formula is C27H24ClN3O5S2. The average Bonchev–Trinajstić information content (AvgIpc) is 2.88. The summed E-state index contributed by atoms with van der Waals surface area (Å²) < 4.78 is 54.7. The van der Waals surface area contributed by atoms with Crippen LogP contribution in [0.4, 0.5) is 17.1 Å². The maximum Gasteiger partial charge on any atom is 0.264 e. The van der Waals surface area contributed by atoms with Crippen molar-refractivity contribution >= 4 is 54.6 Å². The van der Waals surface area contributed by atoms with Gasteiger partial charge in [-0.05, 0) is 85.8 Å². The normalized spacial score (nSPS) is 11.6. The van der Waals surface area contributed by atoms with Crippen LogP contribution < -0.4 is 14.3 Å². The van der Waals surface area contributed by atoms with E-state index < -0.39 is 26.0 Å². The first kappa shape index (κ1) is 27.2. The molecular weight excluding hydrogens is 546 g/mol. The van der Waals surface area contributed by atoms with Gasteiger partial charge in [0, 0.05) is 23.3 Å². The molecule has 0 saturated heterocycles. The molecule has 0 aliphatic carbocycles. The standard InChI is InChI=1S/C27H24ClN3O5S2/c1-19-6-14-26(15-7-19)38(35,36)31(2)24-12-8-20(9-13-24)27(32)29-22-10-16-25(17-11-22)37(33,34)30-23-5-3-4-21(28)18-23/h3-18,30H,1-2H3,(H,29,32). The maximum atomic E-state index is 12.9. The Bertz CT molecular complexity index is 1670. The molecule has 0 fully saturated rings. The largest absolute Gasteiger partial charge is 0.322 e. The topological polar surface area (TPSA) is 113 Å². The summed E-state index contributed by atoms with van der Waals surface area (Å²) in [5.41, 5.74) is 2.36. The smallest absolute Gasteiger partial charge is 0.264 e. The van der Waals surface area contributed by atoms with E-state index in [4.69, 9.17) is 11.6 Å². The molecule has 38 heavy (non-hydrogen) atoms. The van der Waals surface area contributed by atoms with E-state index in [1.54, 1.807) is 42.5 Å². The molecule has 11 heteroatoms. The van der Waals surface area contributed by atoms with E-state index in [9.17, 15) is 21.6 Å². The number of hydrogen-bond donors (Lipinski definition) is 2. The summed E-state index contributed by atoms with van der Waals surface area (Å²) >= 11 is 5.91. The molecule has 1 amide bonds. The number of rotatable bonds is 8. The van der Waals surface area contributed by atoms with E-state index in [2.05, 4.69) is 10.0 Å². The monoisotopic (exact) mass is 569 g/mol. The summed E-state index contributed by atoms with van der Waals surface area (Å²) in [5.74, 6) is -0.437. The third-order valence-electron chi connectivity index (χ3n) is 5.67. The van der Waals surface area contributed by atoms with E-state index in [-0.39, 0.29) is 9.79 Å². The van der Waals surface area contributed by atoms with E-state index in [1.165, 1.54) is 61.6 Å². The first-order valence-corrected chi connectivity index (χ1v) is 14.6. The van der Waals surface area contributed by atoms with E-state index in [1.807, 2.05) is 6.92 Å².